The van der Waals surface area contributed by atoms with E-state index >= 15 is 0 Å². The molecule has 2 amide bonds. The summed E-state index contributed by atoms with van der Waals surface area (Å²) in [4.78, 5) is 27.7. The predicted molar refractivity (Wildman–Crippen MR) is 105 cm³/mol. The topological polar surface area (TPSA) is 63.4 Å². The van der Waals surface area contributed by atoms with Crippen LogP contribution in [0, 0.1) is 5.92 Å². The van der Waals surface area contributed by atoms with Crippen LogP contribution in [0.3, 0.4) is 0 Å². The lowest BCUT2D eigenvalue weighted by Gasteiger charge is -2.22. The summed E-state index contributed by atoms with van der Waals surface area (Å²) < 4.78 is 0. The Bertz CT molecular complexity index is 947. The number of amides is 2. The van der Waals surface area contributed by atoms with E-state index in [1.165, 1.54) is 11.3 Å². The van der Waals surface area contributed by atoms with Crippen LogP contribution < -0.4 is 10.6 Å². The van der Waals surface area contributed by atoms with Crippen molar-refractivity contribution in [3.05, 3.63) is 72.3 Å². The lowest BCUT2D eigenvalue weighted by Crippen LogP contribution is -2.28. The molecule has 4 nitrogen and oxygen atoms in total. The average Bonchev–Trinajstić information content (AvgIpc) is 3.43. The molecule has 1 aliphatic carbocycles. The fourth-order valence-corrected chi connectivity index (χ4v) is 4.10. The number of hydrogen-bond donors (Lipinski definition) is 1. The summed E-state index contributed by atoms with van der Waals surface area (Å²) in [5, 5.41) is 0.597. The Kier molecular flexibility index (Phi) is 4.31. The number of rotatable bonds is 5. The second-order valence-corrected chi connectivity index (χ2v) is 7.37. The molecule has 3 aromatic rings. The highest BCUT2D eigenvalue weighted by Crippen LogP contribution is 2.43. The number of hydrogen-bond acceptors (Lipinski definition) is 3. The maximum absolute atomic E-state index is 13.0. The molecule has 130 valence electrons. The van der Waals surface area contributed by atoms with Gasteiger partial charge in [-0.1, -0.05) is 48.5 Å². The van der Waals surface area contributed by atoms with Gasteiger partial charge in [-0.25, -0.2) is 0 Å². The summed E-state index contributed by atoms with van der Waals surface area (Å²) in [6, 6.07) is 21.0. The van der Waals surface area contributed by atoms with Gasteiger partial charge in [0.2, 0.25) is 5.91 Å². The zero-order valence-electron chi connectivity index (χ0n) is 14.1. The third-order valence-electron chi connectivity index (χ3n) is 4.40. The van der Waals surface area contributed by atoms with Crippen molar-refractivity contribution in [3.8, 4) is 10.4 Å². The quantitative estimate of drug-likeness (QED) is 0.721. The van der Waals surface area contributed by atoms with E-state index in [4.69, 9.17) is 5.73 Å². The average molecular weight is 362 g/mol. The molecule has 5 heteroatoms. The molecule has 0 unspecified atom stereocenters. The SMILES string of the molecule is NC(=O)c1cc(-c2ccccc2)sc1N(C(=O)C1CC1)c1ccccc1. The number of carbonyl (C=O) groups excluding carboxylic acids is 2. The number of nitrogens with two attached hydrogens (primary N) is 1. The first-order valence-corrected chi connectivity index (χ1v) is 9.35. The van der Waals surface area contributed by atoms with Gasteiger partial charge in [-0.05, 0) is 36.6 Å². The number of nitrogens with zero attached hydrogens (tertiary/aromatic N) is 1. The molecule has 0 atom stereocenters. The molecule has 0 radical (unpaired) electrons. The summed E-state index contributed by atoms with van der Waals surface area (Å²) in [6.07, 6.45) is 1.79. The van der Waals surface area contributed by atoms with E-state index in [2.05, 4.69) is 0 Å². The Labute approximate surface area is 155 Å². The highest BCUT2D eigenvalue weighted by Gasteiger charge is 2.36. The summed E-state index contributed by atoms with van der Waals surface area (Å²) in [5.41, 5.74) is 7.78. The van der Waals surface area contributed by atoms with Crippen LogP contribution >= 0.6 is 11.3 Å². The van der Waals surface area contributed by atoms with Gasteiger partial charge in [0.25, 0.3) is 5.91 Å². The van der Waals surface area contributed by atoms with Crippen molar-refractivity contribution >= 4 is 33.8 Å². The fourth-order valence-electron chi connectivity index (χ4n) is 2.90. The van der Waals surface area contributed by atoms with Gasteiger partial charge in [0, 0.05) is 16.5 Å². The molecular formula is C21H18N2O2S. The molecule has 1 saturated carbocycles. The Morgan fingerprint density at radius 1 is 0.962 bits per heavy atom. The third kappa shape index (κ3) is 3.13. The second-order valence-electron chi connectivity index (χ2n) is 6.34. The van der Waals surface area contributed by atoms with Gasteiger partial charge in [0.1, 0.15) is 5.00 Å². The predicted octanol–water partition coefficient (Wildman–Crippen LogP) is 4.59. The number of primary amides is 1. The first-order valence-electron chi connectivity index (χ1n) is 8.53. The highest BCUT2D eigenvalue weighted by atomic mass is 32.1. The zero-order chi connectivity index (χ0) is 18.1. The summed E-state index contributed by atoms with van der Waals surface area (Å²) >= 11 is 1.42. The molecule has 0 bridgehead atoms. The van der Waals surface area contributed by atoms with Crippen molar-refractivity contribution in [1.82, 2.24) is 0 Å². The number of benzene rings is 2. The van der Waals surface area contributed by atoms with Gasteiger partial charge in [-0.3, -0.25) is 14.5 Å². The van der Waals surface area contributed by atoms with Gasteiger partial charge in [0.05, 0.1) is 5.56 Å². The third-order valence-corrected chi connectivity index (χ3v) is 5.57. The first-order chi connectivity index (χ1) is 12.6. The molecule has 2 aromatic carbocycles. The van der Waals surface area contributed by atoms with Crippen molar-refractivity contribution in [2.24, 2.45) is 11.7 Å². The minimum Gasteiger partial charge on any atom is -0.366 e. The van der Waals surface area contributed by atoms with Crippen molar-refractivity contribution in [1.29, 1.82) is 0 Å². The molecule has 1 fully saturated rings. The Morgan fingerprint density at radius 3 is 2.15 bits per heavy atom. The van der Waals surface area contributed by atoms with Crippen LogP contribution in [0.2, 0.25) is 0 Å². The molecule has 1 heterocycles. The van der Waals surface area contributed by atoms with Crippen LogP contribution in [0.1, 0.15) is 23.2 Å². The van der Waals surface area contributed by atoms with Crippen LogP contribution in [0.4, 0.5) is 10.7 Å². The molecule has 1 aliphatic rings. The van der Waals surface area contributed by atoms with Crippen molar-refractivity contribution in [2.75, 3.05) is 4.90 Å². The van der Waals surface area contributed by atoms with E-state index < -0.39 is 5.91 Å². The van der Waals surface area contributed by atoms with Crippen molar-refractivity contribution < 1.29 is 9.59 Å². The van der Waals surface area contributed by atoms with E-state index in [-0.39, 0.29) is 11.8 Å². The minimum absolute atomic E-state index is 0.0261. The normalized spacial score (nSPS) is 13.4. The maximum atomic E-state index is 13.0. The van der Waals surface area contributed by atoms with E-state index in [0.717, 1.165) is 29.0 Å². The largest absolute Gasteiger partial charge is 0.366 e. The Hall–Kier alpha value is -2.92. The molecule has 0 aliphatic heterocycles. The van der Waals surface area contributed by atoms with Crippen LogP contribution in [0.5, 0.6) is 0 Å². The minimum atomic E-state index is -0.525. The zero-order valence-corrected chi connectivity index (χ0v) is 14.9. The molecule has 0 spiro atoms. The van der Waals surface area contributed by atoms with Crippen LogP contribution in [0.15, 0.2) is 66.7 Å². The fraction of sp³-hybridized carbons (Fsp3) is 0.143. The number of anilines is 2. The lowest BCUT2D eigenvalue weighted by molar-refractivity contribution is -0.119. The van der Waals surface area contributed by atoms with E-state index in [1.54, 1.807) is 11.0 Å². The molecule has 26 heavy (non-hydrogen) atoms. The van der Waals surface area contributed by atoms with Crippen molar-refractivity contribution in [2.45, 2.75) is 12.8 Å². The smallest absolute Gasteiger partial charge is 0.251 e. The molecular weight excluding hydrogens is 344 g/mol. The van der Waals surface area contributed by atoms with Crippen LogP contribution in [0.25, 0.3) is 10.4 Å². The first kappa shape index (κ1) is 16.5. The van der Waals surface area contributed by atoms with Gasteiger partial charge in [-0.15, -0.1) is 11.3 Å². The summed E-state index contributed by atoms with van der Waals surface area (Å²) in [7, 11) is 0. The Morgan fingerprint density at radius 2 is 1.58 bits per heavy atom. The van der Waals surface area contributed by atoms with Crippen molar-refractivity contribution in [3.63, 3.8) is 0 Å². The second kappa shape index (κ2) is 6.77. The van der Waals surface area contributed by atoms with E-state index in [9.17, 15) is 9.59 Å². The number of carbonyl (C=O) groups is 2. The van der Waals surface area contributed by atoms with Gasteiger partial charge in [-0.2, -0.15) is 0 Å². The Balaban J connectivity index is 1.86. The van der Waals surface area contributed by atoms with Gasteiger partial charge >= 0.3 is 0 Å². The monoisotopic (exact) mass is 362 g/mol. The van der Waals surface area contributed by atoms with Gasteiger partial charge in [0.15, 0.2) is 0 Å². The molecule has 0 saturated heterocycles. The maximum Gasteiger partial charge on any atom is 0.251 e. The molecule has 4 rings (SSSR count). The van der Waals surface area contributed by atoms with Crippen LogP contribution in [-0.2, 0) is 4.79 Å². The number of para-hydroxylation sites is 1. The molecule has 2 N–H and O–H groups in total. The number of thiophene rings is 1. The van der Waals surface area contributed by atoms with Crippen LogP contribution in [-0.4, -0.2) is 11.8 Å². The van der Waals surface area contributed by atoms with E-state index in [0.29, 0.717) is 10.6 Å². The summed E-state index contributed by atoms with van der Waals surface area (Å²) in [5.74, 6) is -0.471. The highest BCUT2D eigenvalue weighted by molar-refractivity contribution is 7.20. The molecule has 1 aromatic heterocycles. The summed E-state index contributed by atoms with van der Waals surface area (Å²) in [6.45, 7) is 0. The lowest BCUT2D eigenvalue weighted by atomic mass is 10.1. The standard InChI is InChI=1S/C21H18N2O2S/c22-19(24)17-13-18(14-7-3-1-4-8-14)26-21(17)23(20(25)15-11-12-15)16-9-5-2-6-10-16/h1-10,13,15H,11-12H2,(H2,22,24). The van der Waals surface area contributed by atoms with E-state index in [1.807, 2.05) is 60.7 Å². The van der Waals surface area contributed by atoms with Gasteiger partial charge < -0.3 is 5.73 Å².